The first-order chi connectivity index (χ1) is 15.9. The number of hydrogen-bond acceptors (Lipinski definition) is 5. The summed E-state index contributed by atoms with van der Waals surface area (Å²) in [4.78, 5) is 38.0. The first-order valence-electron chi connectivity index (χ1n) is 10.6. The molecule has 3 aromatic carbocycles. The zero-order valence-electron chi connectivity index (χ0n) is 18.4. The van der Waals surface area contributed by atoms with Crippen LogP contribution >= 0.6 is 12.6 Å². The molecule has 3 aromatic rings. The lowest BCUT2D eigenvalue weighted by atomic mass is 10.00. The van der Waals surface area contributed by atoms with Gasteiger partial charge in [0, 0.05) is 29.0 Å². The van der Waals surface area contributed by atoms with E-state index < -0.39 is 11.9 Å². The fraction of sp³-hybridized carbons (Fsp3) is 0.192. The fourth-order valence-electron chi connectivity index (χ4n) is 3.33. The Labute approximate surface area is 199 Å². The van der Waals surface area contributed by atoms with Gasteiger partial charge in [-0.15, -0.1) is 0 Å². The second-order valence-corrected chi connectivity index (χ2v) is 8.07. The number of amides is 2. The maximum absolute atomic E-state index is 13.2. The average Bonchev–Trinajstić information content (AvgIpc) is 2.84. The summed E-state index contributed by atoms with van der Waals surface area (Å²) >= 11 is 4.04. The molecule has 2 amide bonds. The highest BCUT2D eigenvalue weighted by Crippen LogP contribution is 2.24. The summed E-state index contributed by atoms with van der Waals surface area (Å²) in [6, 6.07) is 20.7. The molecule has 3 rings (SSSR count). The Balaban J connectivity index is 1.83. The van der Waals surface area contributed by atoms with Crippen LogP contribution < -0.4 is 16.4 Å². The number of nitrogens with one attached hydrogen (secondary N) is 2. The van der Waals surface area contributed by atoms with Gasteiger partial charge in [-0.1, -0.05) is 54.6 Å². The number of ketones is 1. The van der Waals surface area contributed by atoms with Crippen LogP contribution in [0.4, 0.5) is 11.4 Å². The molecule has 0 aliphatic rings. The molecule has 6 nitrogen and oxygen atoms in total. The lowest BCUT2D eigenvalue weighted by Gasteiger charge is -2.15. The van der Waals surface area contributed by atoms with Gasteiger partial charge in [0.05, 0.1) is 11.7 Å². The third kappa shape index (κ3) is 6.54. The third-order valence-corrected chi connectivity index (χ3v) is 5.65. The molecule has 7 heteroatoms. The van der Waals surface area contributed by atoms with Gasteiger partial charge in [-0.2, -0.15) is 12.6 Å². The lowest BCUT2D eigenvalue weighted by molar-refractivity contribution is -0.117. The van der Waals surface area contributed by atoms with E-state index in [0.29, 0.717) is 23.4 Å². The van der Waals surface area contributed by atoms with E-state index in [-0.39, 0.29) is 29.4 Å². The van der Waals surface area contributed by atoms with Crippen LogP contribution in [-0.2, 0) is 16.0 Å². The van der Waals surface area contributed by atoms with E-state index in [2.05, 4.69) is 23.3 Å². The molecule has 33 heavy (non-hydrogen) atoms. The molecule has 0 saturated carbocycles. The molecule has 170 valence electrons. The van der Waals surface area contributed by atoms with Gasteiger partial charge in [-0.3, -0.25) is 14.4 Å². The maximum atomic E-state index is 13.2. The van der Waals surface area contributed by atoms with Crippen LogP contribution in [0.15, 0.2) is 72.8 Å². The Morgan fingerprint density at radius 2 is 1.64 bits per heavy atom. The first kappa shape index (κ1) is 24.2. The highest BCUT2D eigenvalue weighted by molar-refractivity contribution is 7.80. The van der Waals surface area contributed by atoms with Crippen LogP contribution in [-0.4, -0.2) is 29.4 Å². The Morgan fingerprint density at radius 3 is 2.33 bits per heavy atom. The SMILES string of the molecule is Cc1ccccc1CCC(=O)Nc1ccc(NC(=O)[C@@H](N)CS)cc1C(=O)c1ccccc1. The molecule has 0 unspecified atom stereocenters. The molecule has 0 aliphatic carbocycles. The van der Waals surface area contributed by atoms with Gasteiger partial charge in [0.25, 0.3) is 0 Å². The van der Waals surface area contributed by atoms with Crippen molar-refractivity contribution in [3.8, 4) is 0 Å². The van der Waals surface area contributed by atoms with Crippen LogP contribution in [0.2, 0.25) is 0 Å². The van der Waals surface area contributed by atoms with Crippen molar-refractivity contribution in [3.63, 3.8) is 0 Å². The van der Waals surface area contributed by atoms with Crippen molar-refractivity contribution in [2.24, 2.45) is 5.73 Å². The third-order valence-electron chi connectivity index (χ3n) is 5.26. The maximum Gasteiger partial charge on any atom is 0.242 e. The Hall–Kier alpha value is -3.42. The monoisotopic (exact) mass is 461 g/mol. The second-order valence-electron chi connectivity index (χ2n) is 7.71. The Bertz CT molecular complexity index is 1150. The number of anilines is 2. The van der Waals surface area contributed by atoms with Crippen LogP contribution in [0.1, 0.15) is 33.5 Å². The number of nitrogens with two attached hydrogens (primary N) is 1. The minimum Gasteiger partial charge on any atom is -0.325 e. The van der Waals surface area contributed by atoms with E-state index in [1.165, 1.54) is 0 Å². The molecule has 0 aromatic heterocycles. The molecule has 0 aliphatic heterocycles. The normalized spacial score (nSPS) is 11.5. The van der Waals surface area contributed by atoms with Gasteiger partial charge in [0.15, 0.2) is 5.78 Å². The summed E-state index contributed by atoms with van der Waals surface area (Å²) < 4.78 is 0. The van der Waals surface area contributed by atoms with Crippen molar-refractivity contribution in [1.82, 2.24) is 0 Å². The molecule has 0 fully saturated rings. The summed E-state index contributed by atoms with van der Waals surface area (Å²) in [5.74, 6) is -0.678. The predicted molar refractivity (Wildman–Crippen MR) is 135 cm³/mol. The number of benzene rings is 3. The molecule has 1 atom stereocenters. The second kappa shape index (κ2) is 11.4. The van der Waals surface area contributed by atoms with Crippen molar-refractivity contribution in [3.05, 3.63) is 95.1 Å². The Kier molecular flexibility index (Phi) is 8.40. The van der Waals surface area contributed by atoms with E-state index in [0.717, 1.165) is 11.1 Å². The summed E-state index contributed by atoms with van der Waals surface area (Å²) in [5.41, 5.74) is 9.51. The summed E-state index contributed by atoms with van der Waals surface area (Å²) in [6.45, 7) is 2.01. The van der Waals surface area contributed by atoms with Gasteiger partial charge in [0.2, 0.25) is 11.8 Å². The van der Waals surface area contributed by atoms with E-state index >= 15 is 0 Å². The van der Waals surface area contributed by atoms with Crippen molar-refractivity contribution in [1.29, 1.82) is 0 Å². The number of carbonyl (C=O) groups is 3. The fourth-order valence-corrected chi connectivity index (χ4v) is 3.50. The van der Waals surface area contributed by atoms with Crippen molar-refractivity contribution in [2.45, 2.75) is 25.8 Å². The van der Waals surface area contributed by atoms with Crippen LogP contribution in [0.5, 0.6) is 0 Å². The number of rotatable bonds is 9. The lowest BCUT2D eigenvalue weighted by Crippen LogP contribution is -2.37. The van der Waals surface area contributed by atoms with E-state index in [4.69, 9.17) is 5.73 Å². The number of carbonyl (C=O) groups excluding carboxylic acids is 3. The van der Waals surface area contributed by atoms with Crippen LogP contribution in [0.3, 0.4) is 0 Å². The summed E-state index contributed by atoms with van der Waals surface area (Å²) in [5, 5.41) is 5.55. The quantitative estimate of drug-likeness (QED) is 0.286. The summed E-state index contributed by atoms with van der Waals surface area (Å²) in [7, 11) is 0. The van der Waals surface area contributed by atoms with Crippen LogP contribution in [0, 0.1) is 6.92 Å². The van der Waals surface area contributed by atoms with E-state index in [1.54, 1.807) is 42.5 Å². The highest BCUT2D eigenvalue weighted by atomic mass is 32.1. The van der Waals surface area contributed by atoms with E-state index in [1.807, 2.05) is 37.3 Å². The summed E-state index contributed by atoms with van der Waals surface area (Å²) in [6.07, 6.45) is 0.870. The molecular formula is C26H27N3O3S. The molecule has 0 spiro atoms. The molecule has 4 N–H and O–H groups in total. The highest BCUT2D eigenvalue weighted by Gasteiger charge is 2.18. The minimum atomic E-state index is -0.776. The standard InChI is InChI=1S/C26H27N3O3S/c1-17-7-5-6-8-18(17)11-14-24(30)29-23-13-12-20(28-26(32)22(27)16-33)15-21(23)25(31)19-9-3-2-4-10-19/h2-10,12-13,15,22,33H,11,14,16,27H2,1H3,(H,28,32)(H,29,30)/t22-/m0/s1. The molecule has 0 heterocycles. The van der Waals surface area contributed by atoms with Crippen molar-refractivity contribution >= 4 is 41.6 Å². The first-order valence-corrected chi connectivity index (χ1v) is 11.3. The number of hydrogen-bond donors (Lipinski definition) is 4. The predicted octanol–water partition coefficient (Wildman–Crippen LogP) is 3.99. The number of aryl methyl sites for hydroxylation is 2. The zero-order valence-corrected chi connectivity index (χ0v) is 19.3. The average molecular weight is 462 g/mol. The van der Waals surface area contributed by atoms with Gasteiger partial charge >= 0.3 is 0 Å². The van der Waals surface area contributed by atoms with Crippen molar-refractivity contribution in [2.75, 3.05) is 16.4 Å². The van der Waals surface area contributed by atoms with Gasteiger partial charge < -0.3 is 16.4 Å². The molecule has 0 saturated heterocycles. The molecule has 0 bridgehead atoms. The van der Waals surface area contributed by atoms with Gasteiger partial charge in [-0.25, -0.2) is 0 Å². The smallest absolute Gasteiger partial charge is 0.242 e. The molecular weight excluding hydrogens is 434 g/mol. The topological polar surface area (TPSA) is 101 Å². The van der Waals surface area contributed by atoms with Crippen LogP contribution in [0.25, 0.3) is 0 Å². The Morgan fingerprint density at radius 1 is 0.939 bits per heavy atom. The molecule has 0 radical (unpaired) electrons. The largest absolute Gasteiger partial charge is 0.325 e. The zero-order chi connectivity index (χ0) is 23.8. The minimum absolute atomic E-state index is 0.191. The van der Waals surface area contributed by atoms with Crippen molar-refractivity contribution < 1.29 is 14.4 Å². The van der Waals surface area contributed by atoms with E-state index in [9.17, 15) is 14.4 Å². The van der Waals surface area contributed by atoms with Gasteiger partial charge in [0.1, 0.15) is 0 Å². The van der Waals surface area contributed by atoms with Gasteiger partial charge in [-0.05, 0) is 42.7 Å². The number of thiol groups is 1.